The molecule has 2 aromatic carbocycles. The van der Waals surface area contributed by atoms with Crippen molar-refractivity contribution in [1.29, 1.82) is 0 Å². The molecule has 0 saturated carbocycles. The van der Waals surface area contributed by atoms with Crippen LogP contribution in [0.5, 0.6) is 5.75 Å². The smallest absolute Gasteiger partial charge is 0.337 e. The van der Waals surface area contributed by atoms with E-state index in [1.807, 2.05) is 24.3 Å². The molecular weight excluding hydrogens is 308 g/mol. The quantitative estimate of drug-likeness (QED) is 0.328. The molecule has 0 saturated heterocycles. The standard InChI is InChI=1S/C18H24O4Si/c1-20-18(19)15-8-9-16-14(12-15)6-5-7-17(16)22-13-21-10-11-23(2,3)4/h5-9,12H,10-11,13H2,1-4H3. The molecule has 0 aromatic heterocycles. The molecule has 0 N–H and O–H groups in total. The number of rotatable bonds is 7. The Bertz CT molecular complexity index is 676. The maximum atomic E-state index is 11.6. The van der Waals surface area contributed by atoms with Gasteiger partial charge in [-0.25, -0.2) is 4.79 Å². The maximum Gasteiger partial charge on any atom is 0.337 e. The summed E-state index contributed by atoms with van der Waals surface area (Å²) in [4.78, 5) is 11.6. The predicted octanol–water partition coefficient (Wildman–Crippen LogP) is 4.32. The van der Waals surface area contributed by atoms with Crippen LogP contribution in [0.2, 0.25) is 25.7 Å². The summed E-state index contributed by atoms with van der Waals surface area (Å²) in [6, 6.07) is 12.3. The lowest BCUT2D eigenvalue weighted by Crippen LogP contribution is -2.22. The number of carbonyl (C=O) groups excluding carboxylic acids is 1. The van der Waals surface area contributed by atoms with E-state index in [9.17, 15) is 4.79 Å². The number of esters is 1. The molecule has 2 rings (SSSR count). The van der Waals surface area contributed by atoms with Crippen LogP contribution in [-0.4, -0.2) is 34.6 Å². The Morgan fingerprint density at radius 1 is 1.13 bits per heavy atom. The molecule has 0 spiro atoms. The SMILES string of the molecule is COC(=O)c1ccc2c(OCOCC[Si](C)(C)C)cccc2c1. The van der Waals surface area contributed by atoms with Gasteiger partial charge in [0, 0.05) is 20.1 Å². The Morgan fingerprint density at radius 3 is 2.61 bits per heavy atom. The van der Waals surface area contributed by atoms with Crippen molar-refractivity contribution in [3.8, 4) is 5.75 Å². The van der Waals surface area contributed by atoms with Crippen LogP contribution in [0.4, 0.5) is 0 Å². The van der Waals surface area contributed by atoms with Gasteiger partial charge in [-0.2, -0.15) is 0 Å². The van der Waals surface area contributed by atoms with E-state index >= 15 is 0 Å². The normalized spacial score (nSPS) is 11.5. The van der Waals surface area contributed by atoms with Gasteiger partial charge in [-0.15, -0.1) is 0 Å². The lowest BCUT2D eigenvalue weighted by molar-refractivity contribution is 0.0230. The number of fused-ring (bicyclic) bond motifs is 1. The molecule has 0 amide bonds. The molecule has 0 radical (unpaired) electrons. The molecule has 0 aliphatic carbocycles. The van der Waals surface area contributed by atoms with Gasteiger partial charge < -0.3 is 14.2 Å². The summed E-state index contributed by atoms with van der Waals surface area (Å²) in [7, 11) is 0.304. The Morgan fingerprint density at radius 2 is 1.91 bits per heavy atom. The van der Waals surface area contributed by atoms with Crippen molar-refractivity contribution in [2.24, 2.45) is 0 Å². The van der Waals surface area contributed by atoms with Crippen molar-refractivity contribution in [3.05, 3.63) is 42.0 Å². The molecule has 0 aliphatic heterocycles. The van der Waals surface area contributed by atoms with Crippen LogP contribution in [0, 0.1) is 0 Å². The van der Waals surface area contributed by atoms with Crippen molar-refractivity contribution in [2.75, 3.05) is 20.5 Å². The highest BCUT2D eigenvalue weighted by molar-refractivity contribution is 6.76. The van der Waals surface area contributed by atoms with Gasteiger partial charge in [0.25, 0.3) is 0 Å². The number of methoxy groups -OCH3 is 1. The zero-order chi connectivity index (χ0) is 16.9. The second-order valence-corrected chi connectivity index (χ2v) is 12.3. The molecule has 0 heterocycles. The van der Waals surface area contributed by atoms with Gasteiger partial charge in [-0.3, -0.25) is 0 Å². The van der Waals surface area contributed by atoms with Crippen LogP contribution in [0.25, 0.3) is 10.8 Å². The zero-order valence-electron chi connectivity index (χ0n) is 14.2. The average molecular weight is 332 g/mol. The fraction of sp³-hybridized carbons (Fsp3) is 0.389. The van der Waals surface area contributed by atoms with Gasteiger partial charge in [0.05, 0.1) is 12.7 Å². The minimum Gasteiger partial charge on any atom is -0.467 e. The van der Waals surface area contributed by atoms with E-state index in [-0.39, 0.29) is 12.8 Å². The number of hydrogen-bond acceptors (Lipinski definition) is 4. The predicted molar refractivity (Wildman–Crippen MR) is 94.9 cm³/mol. The Hall–Kier alpha value is -1.85. The zero-order valence-corrected chi connectivity index (χ0v) is 15.2. The third-order valence-electron chi connectivity index (χ3n) is 3.56. The van der Waals surface area contributed by atoms with E-state index < -0.39 is 8.07 Å². The summed E-state index contributed by atoms with van der Waals surface area (Å²) in [6.45, 7) is 7.93. The van der Waals surface area contributed by atoms with Gasteiger partial charge in [0.1, 0.15) is 5.75 Å². The topological polar surface area (TPSA) is 44.8 Å². The summed E-state index contributed by atoms with van der Waals surface area (Å²) in [5.74, 6) is 0.417. The first kappa shape index (κ1) is 17.5. The van der Waals surface area contributed by atoms with Gasteiger partial charge in [0.2, 0.25) is 0 Å². The molecule has 5 heteroatoms. The highest BCUT2D eigenvalue weighted by Crippen LogP contribution is 2.26. The summed E-state index contributed by atoms with van der Waals surface area (Å²) in [5.41, 5.74) is 0.531. The first-order valence-corrected chi connectivity index (χ1v) is 11.4. The van der Waals surface area contributed by atoms with Gasteiger partial charge in [-0.05, 0) is 35.7 Å². The lowest BCUT2D eigenvalue weighted by atomic mass is 10.1. The third kappa shape index (κ3) is 5.08. The highest BCUT2D eigenvalue weighted by atomic mass is 28.3. The molecule has 4 nitrogen and oxygen atoms in total. The van der Waals surface area contributed by atoms with Crippen LogP contribution in [0.3, 0.4) is 0 Å². The molecule has 23 heavy (non-hydrogen) atoms. The van der Waals surface area contributed by atoms with E-state index in [1.54, 1.807) is 12.1 Å². The summed E-state index contributed by atoms with van der Waals surface area (Å²) in [5, 5.41) is 1.89. The molecule has 2 aromatic rings. The molecule has 0 fully saturated rings. The Labute approximate surface area is 138 Å². The largest absolute Gasteiger partial charge is 0.467 e. The first-order chi connectivity index (χ1) is 10.9. The molecule has 0 bridgehead atoms. The molecule has 0 atom stereocenters. The minimum absolute atomic E-state index is 0.238. The van der Waals surface area contributed by atoms with Gasteiger partial charge >= 0.3 is 5.97 Å². The Balaban J connectivity index is 2.02. The van der Waals surface area contributed by atoms with Crippen molar-refractivity contribution in [3.63, 3.8) is 0 Å². The third-order valence-corrected chi connectivity index (χ3v) is 5.26. The van der Waals surface area contributed by atoms with Crippen LogP contribution < -0.4 is 4.74 Å². The monoisotopic (exact) mass is 332 g/mol. The number of carbonyl (C=O) groups is 1. The first-order valence-electron chi connectivity index (χ1n) is 7.72. The van der Waals surface area contributed by atoms with Crippen LogP contribution in [0.1, 0.15) is 10.4 Å². The second-order valence-electron chi connectivity index (χ2n) is 6.66. The van der Waals surface area contributed by atoms with Crippen molar-refractivity contribution in [2.45, 2.75) is 25.7 Å². The van der Waals surface area contributed by atoms with Crippen LogP contribution in [-0.2, 0) is 9.47 Å². The lowest BCUT2D eigenvalue weighted by Gasteiger charge is -2.16. The fourth-order valence-corrected chi connectivity index (χ4v) is 2.92. The van der Waals surface area contributed by atoms with Crippen LogP contribution in [0.15, 0.2) is 36.4 Å². The van der Waals surface area contributed by atoms with Gasteiger partial charge in [0.15, 0.2) is 6.79 Å². The van der Waals surface area contributed by atoms with E-state index in [4.69, 9.17) is 14.2 Å². The maximum absolute atomic E-state index is 11.6. The fourth-order valence-electron chi connectivity index (χ4n) is 2.17. The molecule has 0 unspecified atom stereocenters. The minimum atomic E-state index is -1.08. The molecule has 124 valence electrons. The van der Waals surface area contributed by atoms with Crippen molar-refractivity contribution < 1.29 is 19.0 Å². The number of benzene rings is 2. The van der Waals surface area contributed by atoms with Crippen molar-refractivity contribution in [1.82, 2.24) is 0 Å². The molecule has 0 aliphatic rings. The summed E-state index contributed by atoms with van der Waals surface area (Å²) in [6.07, 6.45) is 0. The summed E-state index contributed by atoms with van der Waals surface area (Å²) < 4.78 is 16.1. The summed E-state index contributed by atoms with van der Waals surface area (Å²) >= 11 is 0. The van der Waals surface area contributed by atoms with E-state index in [2.05, 4.69) is 19.6 Å². The van der Waals surface area contributed by atoms with Crippen LogP contribution >= 0.6 is 0 Å². The van der Waals surface area contributed by atoms with E-state index in [0.717, 1.165) is 29.2 Å². The number of hydrogen-bond donors (Lipinski definition) is 0. The van der Waals surface area contributed by atoms with E-state index in [1.165, 1.54) is 7.11 Å². The molecular formula is C18H24O4Si. The van der Waals surface area contributed by atoms with Gasteiger partial charge in [-0.1, -0.05) is 31.8 Å². The van der Waals surface area contributed by atoms with E-state index in [0.29, 0.717) is 5.56 Å². The number of ether oxygens (including phenoxy) is 3. The second kappa shape index (κ2) is 7.61. The Kier molecular flexibility index (Phi) is 5.79. The van der Waals surface area contributed by atoms with Crippen molar-refractivity contribution >= 4 is 24.8 Å². The average Bonchev–Trinajstić information content (AvgIpc) is 2.52. The highest BCUT2D eigenvalue weighted by Gasteiger charge is 2.12.